The van der Waals surface area contributed by atoms with Crippen molar-refractivity contribution in [3.8, 4) is 0 Å². The summed E-state index contributed by atoms with van der Waals surface area (Å²) in [4.78, 5) is 4.52. The second-order valence-corrected chi connectivity index (χ2v) is 5.16. The fourth-order valence-corrected chi connectivity index (χ4v) is 2.73. The Bertz CT molecular complexity index is 620. The average molecular weight is 265 g/mol. The van der Waals surface area contributed by atoms with Gasteiger partial charge in [0.05, 0.1) is 16.8 Å². The van der Waals surface area contributed by atoms with E-state index in [1.165, 1.54) is 4.70 Å². The highest BCUT2D eigenvalue weighted by Gasteiger charge is 2.07. The first-order valence-corrected chi connectivity index (χ1v) is 6.25. The number of benzene rings is 1. The summed E-state index contributed by atoms with van der Waals surface area (Å²) in [6.45, 7) is 0.594. The number of nitrogens with two attached hydrogens (primary N) is 1. The number of halogens is 1. The molecule has 0 aliphatic carbocycles. The number of hydrogen-bond acceptors (Lipinski definition) is 4. The third kappa shape index (κ3) is 1.99. The zero-order valence-electron chi connectivity index (χ0n) is 8.80. The van der Waals surface area contributed by atoms with Gasteiger partial charge in [0.2, 0.25) is 0 Å². The summed E-state index contributed by atoms with van der Waals surface area (Å²) in [6.07, 6.45) is 1.71. The Hall–Kier alpha value is -1.59. The summed E-state index contributed by atoms with van der Waals surface area (Å²) in [5.74, 6) is 0.354. The first-order valence-electron chi connectivity index (χ1n) is 5.05. The Morgan fingerprint density at radius 2 is 2.18 bits per heavy atom. The molecule has 2 aromatic heterocycles. The molecule has 0 atom stereocenters. The molecule has 86 valence electrons. The van der Waals surface area contributed by atoms with Crippen LogP contribution in [0.5, 0.6) is 0 Å². The molecule has 2 N–H and O–H groups in total. The van der Waals surface area contributed by atoms with Crippen molar-refractivity contribution >= 4 is 39.0 Å². The van der Waals surface area contributed by atoms with E-state index >= 15 is 0 Å². The molecule has 0 aliphatic heterocycles. The van der Waals surface area contributed by atoms with E-state index in [1.54, 1.807) is 22.2 Å². The van der Waals surface area contributed by atoms with Crippen LogP contribution in [0.4, 0.5) is 5.82 Å². The quantitative estimate of drug-likeness (QED) is 0.774. The highest BCUT2D eigenvalue weighted by atomic mass is 35.5. The van der Waals surface area contributed by atoms with E-state index in [1.807, 2.05) is 18.2 Å². The Labute approximate surface area is 107 Å². The number of hydrogen-bond donors (Lipinski definition) is 1. The van der Waals surface area contributed by atoms with Crippen LogP contribution in [0.3, 0.4) is 0 Å². The predicted molar refractivity (Wildman–Crippen MR) is 70.4 cm³/mol. The monoisotopic (exact) mass is 264 g/mol. The van der Waals surface area contributed by atoms with Gasteiger partial charge in [0, 0.05) is 6.20 Å². The standard InChI is InChI=1S/C11H9ClN4S/c12-7-5-16(15-11(7)13)6-10-14-8-3-1-2-4-9(8)17-10/h1-5H,6H2,(H2,13,15). The molecule has 4 nitrogen and oxygen atoms in total. The van der Waals surface area contributed by atoms with Crippen LogP contribution < -0.4 is 5.73 Å². The van der Waals surface area contributed by atoms with Crippen LogP contribution in [0.2, 0.25) is 5.02 Å². The van der Waals surface area contributed by atoms with E-state index in [0.29, 0.717) is 17.4 Å². The Kier molecular flexibility index (Phi) is 2.49. The molecule has 6 heteroatoms. The van der Waals surface area contributed by atoms with Crippen LogP contribution in [0, 0.1) is 0 Å². The summed E-state index contributed by atoms with van der Waals surface area (Å²) in [7, 11) is 0. The molecule has 3 rings (SSSR count). The number of nitrogen functional groups attached to an aromatic ring is 1. The van der Waals surface area contributed by atoms with Crippen LogP contribution in [-0.4, -0.2) is 14.8 Å². The third-order valence-electron chi connectivity index (χ3n) is 2.38. The smallest absolute Gasteiger partial charge is 0.164 e. The topological polar surface area (TPSA) is 56.7 Å². The van der Waals surface area contributed by atoms with E-state index in [2.05, 4.69) is 16.1 Å². The van der Waals surface area contributed by atoms with Gasteiger partial charge in [-0.15, -0.1) is 11.3 Å². The van der Waals surface area contributed by atoms with Crippen molar-refractivity contribution in [2.75, 3.05) is 5.73 Å². The van der Waals surface area contributed by atoms with Crippen LogP contribution in [-0.2, 0) is 6.54 Å². The van der Waals surface area contributed by atoms with Crippen LogP contribution in [0.15, 0.2) is 30.5 Å². The van der Waals surface area contributed by atoms with Gasteiger partial charge in [-0.1, -0.05) is 23.7 Å². The van der Waals surface area contributed by atoms with E-state index in [4.69, 9.17) is 17.3 Å². The van der Waals surface area contributed by atoms with Crippen molar-refractivity contribution in [3.05, 3.63) is 40.5 Å². The predicted octanol–water partition coefficient (Wildman–Crippen LogP) is 2.78. The number of aromatic nitrogens is 3. The minimum atomic E-state index is 0.354. The van der Waals surface area contributed by atoms with Crippen LogP contribution >= 0.6 is 22.9 Å². The first-order chi connectivity index (χ1) is 8.22. The van der Waals surface area contributed by atoms with Crippen molar-refractivity contribution in [2.45, 2.75) is 6.54 Å². The van der Waals surface area contributed by atoms with Crippen LogP contribution in [0.1, 0.15) is 5.01 Å². The number of rotatable bonds is 2. The number of thiazole rings is 1. The summed E-state index contributed by atoms with van der Waals surface area (Å²) >= 11 is 7.50. The highest BCUT2D eigenvalue weighted by molar-refractivity contribution is 7.18. The molecule has 0 radical (unpaired) electrons. The largest absolute Gasteiger partial charge is 0.381 e. The molecular weight excluding hydrogens is 256 g/mol. The van der Waals surface area contributed by atoms with Crippen molar-refractivity contribution in [1.29, 1.82) is 0 Å². The Balaban J connectivity index is 1.94. The molecule has 0 spiro atoms. The van der Waals surface area contributed by atoms with Gasteiger partial charge in [0.25, 0.3) is 0 Å². The molecule has 0 saturated heterocycles. The molecule has 0 amide bonds. The minimum absolute atomic E-state index is 0.354. The molecule has 0 saturated carbocycles. The van der Waals surface area contributed by atoms with Gasteiger partial charge in [0.15, 0.2) is 5.82 Å². The summed E-state index contributed by atoms with van der Waals surface area (Å²) in [6, 6.07) is 8.04. The summed E-state index contributed by atoms with van der Waals surface area (Å²) in [5.41, 5.74) is 6.60. The molecule has 1 aromatic carbocycles. The highest BCUT2D eigenvalue weighted by Crippen LogP contribution is 2.23. The first kappa shape index (κ1) is 10.6. The second kappa shape index (κ2) is 4.01. The molecule has 17 heavy (non-hydrogen) atoms. The van der Waals surface area contributed by atoms with Crippen molar-refractivity contribution < 1.29 is 0 Å². The molecule has 0 bridgehead atoms. The molecule has 0 unspecified atom stereocenters. The lowest BCUT2D eigenvalue weighted by Gasteiger charge is -1.95. The molecular formula is C11H9ClN4S. The van der Waals surface area contributed by atoms with Crippen molar-refractivity contribution in [2.24, 2.45) is 0 Å². The van der Waals surface area contributed by atoms with Gasteiger partial charge in [0.1, 0.15) is 10.0 Å². The zero-order chi connectivity index (χ0) is 11.8. The summed E-state index contributed by atoms with van der Waals surface area (Å²) < 4.78 is 2.88. The van der Waals surface area contributed by atoms with Crippen LogP contribution in [0.25, 0.3) is 10.2 Å². The zero-order valence-corrected chi connectivity index (χ0v) is 10.4. The maximum atomic E-state index is 5.85. The van der Waals surface area contributed by atoms with E-state index < -0.39 is 0 Å². The van der Waals surface area contributed by atoms with Crippen molar-refractivity contribution in [3.63, 3.8) is 0 Å². The van der Waals surface area contributed by atoms with Gasteiger partial charge < -0.3 is 5.73 Å². The third-order valence-corrected chi connectivity index (χ3v) is 3.69. The fraction of sp³-hybridized carbons (Fsp3) is 0.0909. The molecule has 0 aliphatic rings. The summed E-state index contributed by atoms with van der Waals surface area (Å²) in [5, 5.41) is 5.57. The lowest BCUT2D eigenvalue weighted by molar-refractivity contribution is 0.688. The van der Waals surface area contributed by atoms with Gasteiger partial charge in [-0.3, -0.25) is 4.68 Å². The lowest BCUT2D eigenvalue weighted by atomic mass is 10.3. The average Bonchev–Trinajstić information content (AvgIpc) is 2.83. The van der Waals surface area contributed by atoms with Gasteiger partial charge in [-0.05, 0) is 12.1 Å². The minimum Gasteiger partial charge on any atom is -0.381 e. The number of anilines is 1. The number of nitrogens with zero attached hydrogens (tertiary/aromatic N) is 3. The van der Waals surface area contributed by atoms with Crippen molar-refractivity contribution in [1.82, 2.24) is 14.8 Å². The molecule has 2 heterocycles. The Morgan fingerprint density at radius 3 is 2.88 bits per heavy atom. The SMILES string of the molecule is Nc1nn(Cc2nc3ccccc3s2)cc1Cl. The molecule has 3 aromatic rings. The molecule has 0 fully saturated rings. The maximum absolute atomic E-state index is 5.85. The number of para-hydroxylation sites is 1. The Morgan fingerprint density at radius 1 is 1.35 bits per heavy atom. The van der Waals surface area contributed by atoms with Gasteiger partial charge in [-0.2, -0.15) is 5.10 Å². The van der Waals surface area contributed by atoms with Gasteiger partial charge in [-0.25, -0.2) is 4.98 Å². The van der Waals surface area contributed by atoms with Gasteiger partial charge >= 0.3 is 0 Å². The van der Waals surface area contributed by atoms with E-state index in [9.17, 15) is 0 Å². The normalized spacial score (nSPS) is 11.1. The lowest BCUT2D eigenvalue weighted by Crippen LogP contribution is -2.00. The number of fused-ring (bicyclic) bond motifs is 1. The second-order valence-electron chi connectivity index (χ2n) is 3.64. The van der Waals surface area contributed by atoms with E-state index in [0.717, 1.165) is 10.5 Å². The maximum Gasteiger partial charge on any atom is 0.164 e. The fourth-order valence-electron chi connectivity index (χ4n) is 1.62. The van der Waals surface area contributed by atoms with E-state index in [-0.39, 0.29) is 0 Å².